The first-order chi connectivity index (χ1) is 8.94. The van der Waals surface area contributed by atoms with E-state index in [1.165, 1.54) is 0 Å². The predicted octanol–water partition coefficient (Wildman–Crippen LogP) is 4.37. The molecule has 2 rings (SSSR count). The van der Waals surface area contributed by atoms with Crippen molar-refractivity contribution < 1.29 is 13.5 Å². The minimum atomic E-state index is -2.37. The van der Waals surface area contributed by atoms with E-state index in [0.29, 0.717) is 22.7 Å². The van der Waals surface area contributed by atoms with Crippen LogP contribution in [0.3, 0.4) is 0 Å². The third-order valence-corrected chi connectivity index (χ3v) is 3.87. The summed E-state index contributed by atoms with van der Waals surface area (Å²) in [6.07, 6.45) is 1.91. The second-order valence-corrected chi connectivity index (χ2v) is 6.41. The standard InChI is InChI=1S/C14H19F2NOS/c1-14(2)9-11(7-8-18-14)17-10-3-5-12(6-4-10)19-13(15)16/h3-6,11,13,17H,7-9H2,1-2H3. The second-order valence-electron chi connectivity index (χ2n) is 5.35. The van der Waals surface area contributed by atoms with Crippen molar-refractivity contribution in [2.75, 3.05) is 11.9 Å². The van der Waals surface area contributed by atoms with E-state index in [-0.39, 0.29) is 5.60 Å². The largest absolute Gasteiger partial charge is 0.382 e. The summed E-state index contributed by atoms with van der Waals surface area (Å²) in [5.41, 5.74) is 0.878. The number of nitrogens with one attached hydrogen (secondary N) is 1. The molecule has 19 heavy (non-hydrogen) atoms. The Morgan fingerprint density at radius 1 is 1.32 bits per heavy atom. The molecule has 0 amide bonds. The molecule has 1 unspecified atom stereocenters. The van der Waals surface area contributed by atoms with Gasteiger partial charge in [-0.15, -0.1) is 0 Å². The third-order valence-electron chi connectivity index (χ3n) is 3.15. The molecule has 106 valence electrons. The number of halogens is 2. The van der Waals surface area contributed by atoms with Gasteiger partial charge < -0.3 is 10.1 Å². The van der Waals surface area contributed by atoms with Crippen LogP contribution >= 0.6 is 11.8 Å². The Kier molecular flexibility index (Phi) is 4.68. The lowest BCUT2D eigenvalue weighted by atomic mass is 9.94. The molecule has 1 saturated heterocycles. The summed E-state index contributed by atoms with van der Waals surface area (Å²) in [7, 11) is 0. The molecule has 1 N–H and O–H groups in total. The van der Waals surface area contributed by atoms with Crippen LogP contribution in [0.4, 0.5) is 14.5 Å². The van der Waals surface area contributed by atoms with Gasteiger partial charge in [0.1, 0.15) is 0 Å². The highest BCUT2D eigenvalue weighted by Crippen LogP contribution is 2.29. The van der Waals surface area contributed by atoms with Crippen molar-refractivity contribution in [3.63, 3.8) is 0 Å². The highest BCUT2D eigenvalue weighted by molar-refractivity contribution is 7.99. The SMILES string of the molecule is CC1(C)CC(Nc2ccc(SC(F)F)cc2)CCO1. The molecule has 0 bridgehead atoms. The van der Waals surface area contributed by atoms with Crippen LogP contribution < -0.4 is 5.32 Å². The zero-order valence-electron chi connectivity index (χ0n) is 11.2. The summed E-state index contributed by atoms with van der Waals surface area (Å²) in [4.78, 5) is 0.591. The molecule has 0 saturated carbocycles. The van der Waals surface area contributed by atoms with Crippen LogP contribution in [0.25, 0.3) is 0 Å². The molecule has 0 radical (unpaired) electrons. The molecule has 0 spiro atoms. The van der Waals surface area contributed by atoms with E-state index >= 15 is 0 Å². The number of rotatable bonds is 4. The maximum Gasteiger partial charge on any atom is 0.288 e. The van der Waals surface area contributed by atoms with Gasteiger partial charge in [0, 0.05) is 23.2 Å². The van der Waals surface area contributed by atoms with Gasteiger partial charge in [-0.3, -0.25) is 0 Å². The molecule has 2 nitrogen and oxygen atoms in total. The minimum absolute atomic E-state index is 0.0958. The first-order valence-corrected chi connectivity index (χ1v) is 7.28. The van der Waals surface area contributed by atoms with Crippen LogP contribution in [0.2, 0.25) is 0 Å². The molecular weight excluding hydrogens is 268 g/mol. The van der Waals surface area contributed by atoms with E-state index in [2.05, 4.69) is 19.2 Å². The summed E-state index contributed by atoms with van der Waals surface area (Å²) >= 11 is 0.572. The number of hydrogen-bond donors (Lipinski definition) is 1. The van der Waals surface area contributed by atoms with Crippen molar-refractivity contribution in [3.05, 3.63) is 24.3 Å². The van der Waals surface area contributed by atoms with Crippen LogP contribution in [-0.2, 0) is 4.74 Å². The van der Waals surface area contributed by atoms with Crippen LogP contribution in [0.1, 0.15) is 26.7 Å². The average molecular weight is 287 g/mol. The quantitative estimate of drug-likeness (QED) is 0.831. The van der Waals surface area contributed by atoms with Crippen molar-refractivity contribution in [3.8, 4) is 0 Å². The van der Waals surface area contributed by atoms with Gasteiger partial charge in [0.05, 0.1) is 5.60 Å². The van der Waals surface area contributed by atoms with Gasteiger partial charge in [-0.05, 0) is 51.0 Å². The van der Waals surface area contributed by atoms with Crippen molar-refractivity contribution >= 4 is 17.4 Å². The topological polar surface area (TPSA) is 21.3 Å². The Bertz CT molecular complexity index is 408. The average Bonchev–Trinajstić information content (AvgIpc) is 2.30. The van der Waals surface area contributed by atoms with Gasteiger partial charge in [-0.1, -0.05) is 11.8 Å². The molecular formula is C14H19F2NOS. The van der Waals surface area contributed by atoms with Gasteiger partial charge in [0.15, 0.2) is 0 Å². The maximum absolute atomic E-state index is 12.2. The molecule has 1 atom stereocenters. The molecule has 0 aliphatic carbocycles. The molecule has 1 aromatic rings. The molecule has 1 aromatic carbocycles. The lowest BCUT2D eigenvalue weighted by Gasteiger charge is -2.36. The minimum Gasteiger partial charge on any atom is -0.382 e. The summed E-state index contributed by atoms with van der Waals surface area (Å²) in [5, 5.41) is 3.44. The van der Waals surface area contributed by atoms with E-state index < -0.39 is 5.76 Å². The van der Waals surface area contributed by atoms with Crippen molar-refractivity contribution in [1.29, 1.82) is 0 Å². The molecule has 1 fully saturated rings. The molecule has 1 heterocycles. The van der Waals surface area contributed by atoms with E-state index in [4.69, 9.17) is 4.74 Å². The number of hydrogen-bond acceptors (Lipinski definition) is 3. The highest BCUT2D eigenvalue weighted by atomic mass is 32.2. The first-order valence-electron chi connectivity index (χ1n) is 6.40. The van der Waals surface area contributed by atoms with Gasteiger partial charge in [-0.2, -0.15) is 8.78 Å². The summed E-state index contributed by atoms with van der Waals surface area (Å²) < 4.78 is 30.1. The number of anilines is 1. The normalized spacial score (nSPS) is 22.5. The Balaban J connectivity index is 1.92. The lowest BCUT2D eigenvalue weighted by molar-refractivity contribution is -0.0553. The van der Waals surface area contributed by atoms with E-state index in [0.717, 1.165) is 25.1 Å². The maximum atomic E-state index is 12.2. The number of benzene rings is 1. The number of alkyl halides is 2. The zero-order chi connectivity index (χ0) is 13.9. The van der Waals surface area contributed by atoms with Crippen LogP contribution in [0.5, 0.6) is 0 Å². The lowest BCUT2D eigenvalue weighted by Crippen LogP contribution is -2.40. The van der Waals surface area contributed by atoms with Gasteiger partial charge >= 0.3 is 0 Å². The fraction of sp³-hybridized carbons (Fsp3) is 0.571. The summed E-state index contributed by atoms with van der Waals surface area (Å²) in [6, 6.07) is 7.53. The Morgan fingerprint density at radius 3 is 2.58 bits per heavy atom. The van der Waals surface area contributed by atoms with Gasteiger partial charge in [-0.25, -0.2) is 0 Å². The molecule has 0 aromatic heterocycles. The Hall–Kier alpha value is -0.810. The molecule has 1 aliphatic rings. The highest BCUT2D eigenvalue weighted by Gasteiger charge is 2.28. The Labute approximate surface area is 116 Å². The van der Waals surface area contributed by atoms with Gasteiger partial charge in [0.25, 0.3) is 5.76 Å². The smallest absolute Gasteiger partial charge is 0.288 e. The Morgan fingerprint density at radius 2 is 2.00 bits per heavy atom. The van der Waals surface area contributed by atoms with Crippen LogP contribution in [0, 0.1) is 0 Å². The van der Waals surface area contributed by atoms with Crippen molar-refractivity contribution in [1.82, 2.24) is 0 Å². The van der Waals surface area contributed by atoms with Gasteiger partial charge in [0.2, 0.25) is 0 Å². The number of ether oxygens (including phenoxy) is 1. The summed E-state index contributed by atoms with van der Waals surface area (Å²) in [5.74, 6) is -2.37. The van der Waals surface area contributed by atoms with Crippen LogP contribution in [-0.4, -0.2) is 24.0 Å². The number of thioether (sulfide) groups is 1. The predicted molar refractivity (Wildman–Crippen MR) is 75.0 cm³/mol. The molecule has 5 heteroatoms. The van der Waals surface area contributed by atoms with E-state index in [9.17, 15) is 8.78 Å². The van der Waals surface area contributed by atoms with E-state index in [1.807, 2.05) is 12.1 Å². The summed E-state index contributed by atoms with van der Waals surface area (Å²) in [6.45, 7) is 4.93. The third kappa shape index (κ3) is 4.66. The fourth-order valence-corrected chi connectivity index (χ4v) is 2.82. The zero-order valence-corrected chi connectivity index (χ0v) is 12.0. The van der Waals surface area contributed by atoms with Crippen LogP contribution in [0.15, 0.2) is 29.2 Å². The second kappa shape index (κ2) is 6.09. The monoisotopic (exact) mass is 287 g/mol. The first kappa shape index (κ1) is 14.6. The molecule has 1 aliphatic heterocycles. The van der Waals surface area contributed by atoms with E-state index in [1.54, 1.807) is 12.1 Å². The van der Waals surface area contributed by atoms with Crippen molar-refractivity contribution in [2.24, 2.45) is 0 Å². The fourth-order valence-electron chi connectivity index (χ4n) is 2.32. The van der Waals surface area contributed by atoms with Crippen molar-refractivity contribution in [2.45, 2.75) is 49.0 Å².